The summed E-state index contributed by atoms with van der Waals surface area (Å²) in [4.78, 5) is 0. The van der Waals surface area contributed by atoms with Gasteiger partial charge in [0.25, 0.3) is 0 Å². The molecule has 0 saturated carbocycles. The van der Waals surface area contributed by atoms with Crippen LogP contribution in [-0.2, 0) is 19.3 Å². The van der Waals surface area contributed by atoms with E-state index in [9.17, 15) is 0 Å². The molecule has 2 aromatic carbocycles. The van der Waals surface area contributed by atoms with Gasteiger partial charge in [-0.05, 0) is 60.4 Å². The quantitative estimate of drug-likeness (QED) is 0.833. The summed E-state index contributed by atoms with van der Waals surface area (Å²) < 4.78 is 1.01. The molecule has 1 aliphatic rings. The number of aryl methyl sites for hydroxylation is 1. The first-order chi connectivity index (χ1) is 10.1. The van der Waals surface area contributed by atoms with Crippen LogP contribution in [0.3, 0.4) is 0 Å². The minimum Gasteiger partial charge on any atom is -0.327 e. The fourth-order valence-corrected chi connectivity index (χ4v) is 3.95. The van der Waals surface area contributed by atoms with E-state index in [1.165, 1.54) is 17.5 Å². The van der Waals surface area contributed by atoms with Gasteiger partial charge in [0.2, 0.25) is 0 Å². The molecular weight excluding hydrogens is 346 g/mol. The molecule has 0 amide bonds. The van der Waals surface area contributed by atoms with Gasteiger partial charge < -0.3 is 5.73 Å². The minimum atomic E-state index is 0.164. The lowest BCUT2D eigenvalue weighted by Gasteiger charge is -2.29. The van der Waals surface area contributed by atoms with Crippen molar-refractivity contribution in [2.24, 2.45) is 11.7 Å². The highest BCUT2D eigenvalue weighted by Gasteiger charge is 2.24. The first-order valence-corrected chi connectivity index (χ1v) is 8.57. The topological polar surface area (TPSA) is 26.0 Å². The second-order valence-corrected chi connectivity index (χ2v) is 7.20. The molecule has 0 bridgehead atoms. The van der Waals surface area contributed by atoms with E-state index >= 15 is 0 Å². The van der Waals surface area contributed by atoms with E-state index < -0.39 is 0 Å². The summed E-state index contributed by atoms with van der Waals surface area (Å²) >= 11 is 9.75. The summed E-state index contributed by atoms with van der Waals surface area (Å²) in [5, 5.41) is 0.802. The largest absolute Gasteiger partial charge is 0.327 e. The smallest absolute Gasteiger partial charge is 0.0449 e. The van der Waals surface area contributed by atoms with Crippen LogP contribution in [0, 0.1) is 5.92 Å². The number of halogens is 2. The van der Waals surface area contributed by atoms with E-state index in [-0.39, 0.29) is 6.04 Å². The van der Waals surface area contributed by atoms with Gasteiger partial charge in [-0.3, -0.25) is 0 Å². The molecule has 1 nitrogen and oxygen atoms in total. The molecule has 0 aromatic heterocycles. The monoisotopic (exact) mass is 363 g/mol. The van der Waals surface area contributed by atoms with Crippen molar-refractivity contribution in [3.63, 3.8) is 0 Å². The van der Waals surface area contributed by atoms with E-state index in [4.69, 9.17) is 17.3 Å². The summed E-state index contributed by atoms with van der Waals surface area (Å²) in [7, 11) is 0. The van der Waals surface area contributed by atoms with E-state index in [1.54, 1.807) is 0 Å². The van der Waals surface area contributed by atoms with Crippen LogP contribution < -0.4 is 5.73 Å². The Kier molecular flexibility index (Phi) is 4.68. The molecular formula is C18H19BrClN. The molecule has 2 N–H and O–H groups in total. The Morgan fingerprint density at radius 1 is 1.19 bits per heavy atom. The summed E-state index contributed by atoms with van der Waals surface area (Å²) in [6.45, 7) is 0. The summed E-state index contributed by atoms with van der Waals surface area (Å²) in [5.41, 5.74) is 10.6. The lowest BCUT2D eigenvalue weighted by Crippen LogP contribution is -2.36. The number of nitrogens with two attached hydrogens (primary N) is 1. The highest BCUT2D eigenvalue weighted by molar-refractivity contribution is 9.10. The van der Waals surface area contributed by atoms with Crippen molar-refractivity contribution in [2.75, 3.05) is 0 Å². The number of rotatable bonds is 3. The molecule has 3 rings (SSSR count). The molecule has 0 radical (unpaired) electrons. The SMILES string of the molecule is NC(Cc1ccc(Br)cc1Cl)C1CCc2ccccc2C1. The van der Waals surface area contributed by atoms with Crippen LogP contribution in [-0.4, -0.2) is 6.04 Å². The molecule has 2 atom stereocenters. The second kappa shape index (κ2) is 6.51. The Morgan fingerprint density at radius 2 is 1.95 bits per heavy atom. The van der Waals surface area contributed by atoms with Gasteiger partial charge in [-0.25, -0.2) is 0 Å². The van der Waals surface area contributed by atoms with Crippen molar-refractivity contribution in [1.82, 2.24) is 0 Å². The van der Waals surface area contributed by atoms with Crippen molar-refractivity contribution < 1.29 is 0 Å². The Bertz CT molecular complexity index is 641. The molecule has 0 spiro atoms. The van der Waals surface area contributed by atoms with Gasteiger partial charge in [-0.2, -0.15) is 0 Å². The van der Waals surface area contributed by atoms with Gasteiger partial charge in [-0.15, -0.1) is 0 Å². The highest BCUT2D eigenvalue weighted by Crippen LogP contribution is 2.29. The van der Waals surface area contributed by atoms with Crippen molar-refractivity contribution in [3.8, 4) is 0 Å². The van der Waals surface area contributed by atoms with Crippen molar-refractivity contribution in [2.45, 2.75) is 31.7 Å². The third kappa shape index (κ3) is 3.50. The van der Waals surface area contributed by atoms with E-state index in [0.717, 1.165) is 34.3 Å². The maximum atomic E-state index is 6.47. The molecule has 21 heavy (non-hydrogen) atoms. The van der Waals surface area contributed by atoms with Crippen LogP contribution in [0.1, 0.15) is 23.1 Å². The normalized spacial score (nSPS) is 19.1. The molecule has 1 aliphatic carbocycles. The number of hydrogen-bond acceptors (Lipinski definition) is 1. The van der Waals surface area contributed by atoms with Crippen LogP contribution in [0.4, 0.5) is 0 Å². The standard InChI is InChI=1S/C18H19BrClN/c19-16-8-7-14(17(20)11-16)10-18(21)15-6-5-12-3-1-2-4-13(12)9-15/h1-4,7-8,11,15,18H,5-6,9-10,21H2. The lowest BCUT2D eigenvalue weighted by molar-refractivity contribution is 0.372. The van der Waals surface area contributed by atoms with Gasteiger partial charge in [-0.1, -0.05) is 57.9 Å². The predicted molar refractivity (Wildman–Crippen MR) is 92.8 cm³/mol. The molecule has 0 heterocycles. The molecule has 110 valence electrons. The van der Waals surface area contributed by atoms with Crippen LogP contribution in [0.5, 0.6) is 0 Å². The van der Waals surface area contributed by atoms with Crippen molar-refractivity contribution >= 4 is 27.5 Å². The first kappa shape index (κ1) is 15.1. The first-order valence-electron chi connectivity index (χ1n) is 7.40. The zero-order valence-corrected chi connectivity index (χ0v) is 14.2. The van der Waals surface area contributed by atoms with Crippen LogP contribution >= 0.6 is 27.5 Å². The fraction of sp³-hybridized carbons (Fsp3) is 0.333. The Hall–Kier alpha value is -0.830. The van der Waals surface area contributed by atoms with Gasteiger partial charge >= 0.3 is 0 Å². The van der Waals surface area contributed by atoms with Gasteiger partial charge in [0.1, 0.15) is 0 Å². The third-order valence-corrected chi connectivity index (χ3v) is 5.31. The van der Waals surface area contributed by atoms with Crippen molar-refractivity contribution in [1.29, 1.82) is 0 Å². The van der Waals surface area contributed by atoms with E-state index in [0.29, 0.717) is 5.92 Å². The third-order valence-electron chi connectivity index (χ3n) is 4.46. The average Bonchev–Trinajstić information content (AvgIpc) is 2.49. The van der Waals surface area contributed by atoms with Crippen LogP contribution in [0.2, 0.25) is 5.02 Å². The lowest BCUT2D eigenvalue weighted by atomic mass is 9.79. The van der Waals surface area contributed by atoms with Crippen molar-refractivity contribution in [3.05, 3.63) is 68.7 Å². The molecule has 0 saturated heterocycles. The molecule has 2 aromatic rings. The zero-order chi connectivity index (χ0) is 14.8. The summed E-state index contributed by atoms with van der Waals surface area (Å²) in [6, 6.07) is 14.9. The van der Waals surface area contributed by atoms with E-state index in [1.807, 2.05) is 12.1 Å². The summed E-state index contributed by atoms with van der Waals surface area (Å²) in [5.74, 6) is 0.541. The van der Waals surface area contributed by atoms with Gasteiger partial charge in [0, 0.05) is 15.5 Å². The highest BCUT2D eigenvalue weighted by atomic mass is 79.9. The fourth-order valence-electron chi connectivity index (χ4n) is 3.20. The Balaban J connectivity index is 1.70. The number of hydrogen-bond donors (Lipinski definition) is 1. The zero-order valence-electron chi connectivity index (χ0n) is 11.9. The van der Waals surface area contributed by atoms with Gasteiger partial charge in [0.05, 0.1) is 0 Å². The number of fused-ring (bicyclic) bond motifs is 1. The maximum Gasteiger partial charge on any atom is 0.0449 e. The minimum absolute atomic E-state index is 0.164. The molecule has 0 fully saturated rings. The Labute approximate surface area is 139 Å². The maximum absolute atomic E-state index is 6.47. The second-order valence-electron chi connectivity index (χ2n) is 5.88. The summed E-state index contributed by atoms with van der Waals surface area (Å²) in [6.07, 6.45) is 4.25. The molecule has 0 aliphatic heterocycles. The van der Waals surface area contributed by atoms with Crippen LogP contribution in [0.25, 0.3) is 0 Å². The predicted octanol–water partition coefficient (Wildman–Crippen LogP) is 4.78. The molecule has 2 unspecified atom stereocenters. The van der Waals surface area contributed by atoms with Gasteiger partial charge in [0.15, 0.2) is 0 Å². The Morgan fingerprint density at radius 3 is 2.71 bits per heavy atom. The number of benzene rings is 2. The van der Waals surface area contributed by atoms with E-state index in [2.05, 4.69) is 46.3 Å². The molecule has 3 heteroatoms. The van der Waals surface area contributed by atoms with Crippen LogP contribution in [0.15, 0.2) is 46.9 Å². The average molecular weight is 365 g/mol.